The number of carbonyl (C=O) groups excluding carboxylic acids is 1. The van der Waals surface area contributed by atoms with Crippen molar-refractivity contribution in [3.8, 4) is 0 Å². The minimum Gasteiger partial charge on any atom is -0.444 e. The average Bonchev–Trinajstić information content (AvgIpc) is 2.54. The lowest BCUT2D eigenvalue weighted by Gasteiger charge is -2.33. The van der Waals surface area contributed by atoms with Gasteiger partial charge in [0, 0.05) is 24.7 Å². The molecule has 2 heterocycles. The number of hydrogen-bond acceptors (Lipinski definition) is 5. The second-order valence-corrected chi connectivity index (χ2v) is 7.93. The van der Waals surface area contributed by atoms with E-state index in [1.807, 2.05) is 20.8 Å². The number of nitrogens with zero attached hydrogens (tertiary/aromatic N) is 2. The lowest BCUT2D eigenvalue weighted by atomic mass is 9.97. The van der Waals surface area contributed by atoms with E-state index in [4.69, 9.17) is 4.74 Å². The fourth-order valence-corrected chi connectivity index (χ4v) is 3.40. The summed E-state index contributed by atoms with van der Waals surface area (Å²) in [6.45, 7) is 6.90. The van der Waals surface area contributed by atoms with Gasteiger partial charge in [-0.2, -0.15) is 0 Å². The summed E-state index contributed by atoms with van der Waals surface area (Å²) >= 11 is 0. The topological polar surface area (TPSA) is 87.3 Å². The van der Waals surface area contributed by atoms with E-state index in [2.05, 4.69) is 15.3 Å². The molecule has 2 N–H and O–H groups in total. The van der Waals surface area contributed by atoms with E-state index in [9.17, 15) is 9.59 Å². The number of piperidine rings is 1. The highest BCUT2D eigenvalue weighted by Crippen LogP contribution is 2.20. The number of aromatic amines is 1. The van der Waals surface area contributed by atoms with Gasteiger partial charge in [0.1, 0.15) is 5.60 Å². The van der Waals surface area contributed by atoms with Gasteiger partial charge in [-0.1, -0.05) is 0 Å². The Balaban J connectivity index is 1.57. The molecule has 3 rings (SSSR count). The summed E-state index contributed by atoms with van der Waals surface area (Å²) in [5.74, 6) is 0.557. The van der Waals surface area contributed by atoms with Crippen molar-refractivity contribution in [2.75, 3.05) is 18.4 Å². The number of H-pyrrole nitrogens is 1. The van der Waals surface area contributed by atoms with Crippen LogP contribution >= 0.6 is 0 Å². The number of aryl methyl sites for hydroxylation is 1. The highest BCUT2D eigenvalue weighted by molar-refractivity contribution is 5.68. The maximum absolute atomic E-state index is 12.2. The van der Waals surface area contributed by atoms with Crippen LogP contribution in [-0.4, -0.2) is 45.7 Å². The van der Waals surface area contributed by atoms with Crippen LogP contribution in [0.2, 0.25) is 0 Å². The molecule has 0 aromatic carbocycles. The van der Waals surface area contributed by atoms with Crippen LogP contribution in [0.1, 0.15) is 57.7 Å². The smallest absolute Gasteiger partial charge is 0.410 e. The number of aromatic nitrogens is 2. The molecule has 0 radical (unpaired) electrons. The van der Waals surface area contributed by atoms with Crippen LogP contribution in [0.3, 0.4) is 0 Å². The van der Waals surface area contributed by atoms with Gasteiger partial charge >= 0.3 is 6.09 Å². The third-order valence-corrected chi connectivity index (χ3v) is 4.68. The molecule has 0 spiro atoms. The molecule has 0 saturated carbocycles. The zero-order valence-electron chi connectivity index (χ0n) is 15.4. The van der Waals surface area contributed by atoms with Crippen molar-refractivity contribution in [1.82, 2.24) is 14.9 Å². The lowest BCUT2D eigenvalue weighted by Crippen LogP contribution is -2.44. The lowest BCUT2D eigenvalue weighted by molar-refractivity contribution is 0.0210. The third kappa shape index (κ3) is 4.52. The number of rotatable bonds is 2. The fraction of sp³-hybridized carbons (Fsp3) is 0.722. The van der Waals surface area contributed by atoms with Crippen molar-refractivity contribution in [1.29, 1.82) is 0 Å². The molecule has 2 aliphatic rings. The number of hydrogen-bond donors (Lipinski definition) is 2. The highest BCUT2D eigenvalue weighted by Gasteiger charge is 2.27. The van der Waals surface area contributed by atoms with Crippen LogP contribution in [0.4, 0.5) is 10.7 Å². The summed E-state index contributed by atoms with van der Waals surface area (Å²) in [7, 11) is 0. The summed E-state index contributed by atoms with van der Waals surface area (Å²) in [4.78, 5) is 33.5. The number of nitrogens with one attached hydrogen (secondary N) is 2. The SMILES string of the molecule is CC(C)(C)OC(=O)N1CCC(Nc2nc3c(c(=O)[nH]2)CCCC3)CC1. The second kappa shape index (κ2) is 7.06. The molecular formula is C18H28N4O3. The van der Waals surface area contributed by atoms with E-state index in [0.717, 1.165) is 49.8 Å². The number of amides is 1. The van der Waals surface area contributed by atoms with Crippen LogP contribution in [0, 0.1) is 0 Å². The summed E-state index contributed by atoms with van der Waals surface area (Å²) < 4.78 is 5.42. The van der Waals surface area contributed by atoms with E-state index < -0.39 is 5.60 Å². The molecule has 0 unspecified atom stereocenters. The molecule has 1 saturated heterocycles. The Morgan fingerprint density at radius 1 is 1.24 bits per heavy atom. The van der Waals surface area contributed by atoms with E-state index in [1.54, 1.807) is 4.90 Å². The maximum atomic E-state index is 12.2. The van der Waals surface area contributed by atoms with Crippen molar-refractivity contribution >= 4 is 12.0 Å². The minimum atomic E-state index is -0.473. The molecular weight excluding hydrogens is 320 g/mol. The average molecular weight is 348 g/mol. The molecule has 7 nitrogen and oxygen atoms in total. The first-order valence-corrected chi connectivity index (χ1v) is 9.18. The normalized spacial score (nSPS) is 18.6. The second-order valence-electron chi connectivity index (χ2n) is 7.93. The van der Waals surface area contributed by atoms with Gasteiger partial charge < -0.3 is 15.0 Å². The predicted molar refractivity (Wildman–Crippen MR) is 96.0 cm³/mol. The molecule has 0 atom stereocenters. The van der Waals surface area contributed by atoms with Gasteiger partial charge in [0.05, 0.1) is 5.69 Å². The van der Waals surface area contributed by atoms with Gasteiger partial charge in [0.25, 0.3) is 5.56 Å². The van der Waals surface area contributed by atoms with Crippen LogP contribution in [0.25, 0.3) is 0 Å². The first-order valence-electron chi connectivity index (χ1n) is 9.18. The number of carbonyl (C=O) groups is 1. The summed E-state index contributed by atoms with van der Waals surface area (Å²) in [5, 5.41) is 3.33. The standard InChI is InChI=1S/C18H28N4O3/c1-18(2,3)25-17(24)22-10-8-12(9-11-22)19-16-20-14-7-5-4-6-13(14)15(23)21-16/h12H,4-11H2,1-3H3,(H2,19,20,21,23). The molecule has 0 bridgehead atoms. The summed E-state index contributed by atoms with van der Waals surface area (Å²) in [6, 6.07) is 0.198. The van der Waals surface area contributed by atoms with Gasteiger partial charge in [0.15, 0.2) is 0 Å². The number of likely N-dealkylation sites (tertiary alicyclic amines) is 1. The van der Waals surface area contributed by atoms with E-state index in [1.165, 1.54) is 0 Å². The Hall–Kier alpha value is -2.05. The molecule has 1 amide bonds. The summed E-state index contributed by atoms with van der Waals surface area (Å²) in [6.07, 6.45) is 5.22. The Morgan fingerprint density at radius 2 is 1.92 bits per heavy atom. The Morgan fingerprint density at radius 3 is 2.60 bits per heavy atom. The maximum Gasteiger partial charge on any atom is 0.410 e. The van der Waals surface area contributed by atoms with Crippen LogP contribution in [0.15, 0.2) is 4.79 Å². The Bertz CT molecular complexity index is 685. The number of ether oxygens (including phenoxy) is 1. The molecule has 1 aromatic heterocycles. The van der Waals surface area contributed by atoms with E-state index in [-0.39, 0.29) is 17.7 Å². The van der Waals surface area contributed by atoms with Gasteiger partial charge in [-0.15, -0.1) is 0 Å². The first kappa shape index (κ1) is 17.8. The van der Waals surface area contributed by atoms with Gasteiger partial charge in [0.2, 0.25) is 5.95 Å². The van der Waals surface area contributed by atoms with Gasteiger partial charge in [-0.25, -0.2) is 9.78 Å². The fourth-order valence-electron chi connectivity index (χ4n) is 3.40. The Kier molecular flexibility index (Phi) is 5.01. The van der Waals surface area contributed by atoms with Crippen LogP contribution in [-0.2, 0) is 17.6 Å². The van der Waals surface area contributed by atoms with Gasteiger partial charge in [-0.3, -0.25) is 9.78 Å². The molecule has 7 heteroatoms. The molecule has 1 fully saturated rings. The van der Waals surface area contributed by atoms with Gasteiger partial charge in [-0.05, 0) is 59.3 Å². The van der Waals surface area contributed by atoms with Crippen molar-refractivity contribution in [2.45, 2.75) is 70.9 Å². The molecule has 1 aliphatic carbocycles. The van der Waals surface area contributed by atoms with Crippen molar-refractivity contribution < 1.29 is 9.53 Å². The Labute approximate surface area is 148 Å². The predicted octanol–water partition coefficient (Wildman–Crippen LogP) is 2.46. The van der Waals surface area contributed by atoms with E-state index >= 15 is 0 Å². The number of anilines is 1. The number of fused-ring (bicyclic) bond motifs is 1. The largest absolute Gasteiger partial charge is 0.444 e. The minimum absolute atomic E-state index is 0.0154. The van der Waals surface area contributed by atoms with Crippen molar-refractivity contribution in [3.05, 3.63) is 21.6 Å². The zero-order chi connectivity index (χ0) is 18.0. The molecule has 138 valence electrons. The van der Waals surface area contributed by atoms with Crippen LogP contribution < -0.4 is 10.9 Å². The van der Waals surface area contributed by atoms with Crippen molar-refractivity contribution in [2.24, 2.45) is 0 Å². The monoisotopic (exact) mass is 348 g/mol. The zero-order valence-corrected chi connectivity index (χ0v) is 15.4. The highest BCUT2D eigenvalue weighted by atomic mass is 16.6. The first-order chi connectivity index (χ1) is 11.8. The quantitative estimate of drug-likeness (QED) is 0.857. The molecule has 1 aromatic rings. The van der Waals surface area contributed by atoms with Crippen LogP contribution in [0.5, 0.6) is 0 Å². The summed E-state index contributed by atoms with van der Waals surface area (Å²) in [5.41, 5.74) is 1.29. The third-order valence-electron chi connectivity index (χ3n) is 4.68. The van der Waals surface area contributed by atoms with Crippen molar-refractivity contribution in [3.63, 3.8) is 0 Å². The molecule has 25 heavy (non-hydrogen) atoms. The molecule has 1 aliphatic heterocycles. The van der Waals surface area contributed by atoms with E-state index in [0.29, 0.717) is 19.0 Å².